The number of benzene rings is 2. The molecule has 1 saturated heterocycles. The Bertz CT molecular complexity index is 1330. The van der Waals surface area contributed by atoms with Gasteiger partial charge in [-0.25, -0.2) is 0 Å². The van der Waals surface area contributed by atoms with E-state index in [0.29, 0.717) is 43.0 Å². The normalized spacial score (nSPS) is 19.7. The molecule has 36 heavy (non-hydrogen) atoms. The van der Waals surface area contributed by atoms with Gasteiger partial charge in [0.15, 0.2) is 0 Å². The van der Waals surface area contributed by atoms with Gasteiger partial charge in [0.05, 0.1) is 6.54 Å². The third-order valence-electron chi connectivity index (χ3n) is 7.36. The minimum absolute atomic E-state index is 0.111. The summed E-state index contributed by atoms with van der Waals surface area (Å²) in [6.07, 6.45) is 2.42. The maximum Gasteiger partial charge on any atom is 0.255 e. The van der Waals surface area contributed by atoms with E-state index in [4.69, 9.17) is 4.74 Å². The average molecular weight is 500 g/mol. The Balaban J connectivity index is 1.09. The first-order chi connectivity index (χ1) is 17.5. The zero-order valence-corrected chi connectivity index (χ0v) is 21.0. The first kappa shape index (κ1) is 23.0. The fourth-order valence-electron chi connectivity index (χ4n) is 5.37. The number of amides is 2. The molecule has 2 amide bonds. The molecule has 184 valence electrons. The molecular formula is C29H29N3O3S. The Labute approximate surface area is 215 Å². The number of carbonyl (C=O) groups excluding carboxylic acids is 2. The van der Waals surface area contributed by atoms with Crippen LogP contribution < -0.4 is 10.1 Å². The molecule has 0 saturated carbocycles. The van der Waals surface area contributed by atoms with E-state index in [1.54, 1.807) is 4.90 Å². The van der Waals surface area contributed by atoms with Gasteiger partial charge in [0.25, 0.3) is 5.91 Å². The molecule has 6 rings (SSSR count). The van der Waals surface area contributed by atoms with Crippen molar-refractivity contribution >= 4 is 23.2 Å². The molecule has 2 aromatic carbocycles. The molecule has 7 heteroatoms. The van der Waals surface area contributed by atoms with Gasteiger partial charge in [-0.2, -0.15) is 0 Å². The quantitative estimate of drug-likeness (QED) is 0.537. The molecule has 1 aromatic heterocycles. The van der Waals surface area contributed by atoms with Gasteiger partial charge in [-0.15, -0.1) is 11.3 Å². The standard InChI is InChI=1S/C29H29N3O3S/c1-19-5-10-25(28(33)30-19)32-17-24-23(29(32)34)3-2-4-26(24)35-18-21-8-6-20(7-9-21)15-31-13-11-27-22(16-31)12-14-36-27/h2-4,6-9,12,14,25H,1,5,10-11,13,15-18H2,(H,30,33). The Kier molecular flexibility index (Phi) is 6.11. The number of hydrogen-bond acceptors (Lipinski definition) is 5. The van der Waals surface area contributed by atoms with E-state index in [-0.39, 0.29) is 11.8 Å². The molecule has 1 unspecified atom stereocenters. The van der Waals surface area contributed by atoms with Crippen molar-refractivity contribution in [1.82, 2.24) is 15.1 Å². The summed E-state index contributed by atoms with van der Waals surface area (Å²) in [5.41, 5.74) is 6.04. The minimum Gasteiger partial charge on any atom is -0.489 e. The van der Waals surface area contributed by atoms with Gasteiger partial charge in [0, 0.05) is 41.3 Å². The largest absolute Gasteiger partial charge is 0.489 e. The van der Waals surface area contributed by atoms with Gasteiger partial charge in [0.1, 0.15) is 18.4 Å². The molecule has 0 radical (unpaired) electrons. The Hall–Kier alpha value is -3.42. The predicted octanol–water partition coefficient (Wildman–Crippen LogP) is 4.63. The van der Waals surface area contributed by atoms with E-state index in [0.717, 1.165) is 37.2 Å². The van der Waals surface area contributed by atoms with Crippen molar-refractivity contribution < 1.29 is 14.3 Å². The predicted molar refractivity (Wildman–Crippen MR) is 140 cm³/mol. The van der Waals surface area contributed by atoms with Crippen molar-refractivity contribution in [2.24, 2.45) is 0 Å². The SMILES string of the molecule is C=C1CCC(N2Cc3c(OCc4ccc(CN5CCc6sccc6C5)cc4)cccc3C2=O)C(=O)N1. The molecular weight excluding hydrogens is 470 g/mol. The maximum absolute atomic E-state index is 13.1. The molecule has 6 nitrogen and oxygen atoms in total. The number of nitrogens with zero attached hydrogens (tertiary/aromatic N) is 2. The number of thiophene rings is 1. The first-order valence-electron chi connectivity index (χ1n) is 12.4. The van der Waals surface area contributed by atoms with Crippen LogP contribution in [0.3, 0.4) is 0 Å². The summed E-state index contributed by atoms with van der Waals surface area (Å²) in [4.78, 5) is 31.2. The van der Waals surface area contributed by atoms with Crippen molar-refractivity contribution in [3.05, 3.63) is 98.9 Å². The van der Waals surface area contributed by atoms with Gasteiger partial charge >= 0.3 is 0 Å². The fourth-order valence-corrected chi connectivity index (χ4v) is 6.26. The summed E-state index contributed by atoms with van der Waals surface area (Å²) in [5, 5.41) is 4.98. The van der Waals surface area contributed by atoms with E-state index in [2.05, 4.69) is 52.5 Å². The Morgan fingerprint density at radius 3 is 2.69 bits per heavy atom. The third kappa shape index (κ3) is 4.45. The second kappa shape index (κ2) is 9.56. The topological polar surface area (TPSA) is 61.9 Å². The molecule has 0 aliphatic carbocycles. The van der Waals surface area contributed by atoms with Crippen LogP contribution in [0.4, 0.5) is 0 Å². The molecule has 3 aromatic rings. The summed E-state index contributed by atoms with van der Waals surface area (Å²) < 4.78 is 6.18. The van der Waals surface area contributed by atoms with Crippen LogP contribution in [0.25, 0.3) is 0 Å². The molecule has 0 bridgehead atoms. The van der Waals surface area contributed by atoms with Crippen LogP contribution in [0.1, 0.15) is 50.3 Å². The summed E-state index contributed by atoms with van der Waals surface area (Å²) in [7, 11) is 0. The monoisotopic (exact) mass is 499 g/mol. The molecule has 1 atom stereocenters. The van der Waals surface area contributed by atoms with Gasteiger partial charge in [-0.1, -0.05) is 36.9 Å². The second-order valence-corrected chi connectivity index (χ2v) is 10.8. The lowest BCUT2D eigenvalue weighted by Gasteiger charge is -2.31. The second-order valence-electron chi connectivity index (χ2n) is 9.80. The maximum atomic E-state index is 13.1. The van der Waals surface area contributed by atoms with Crippen LogP contribution >= 0.6 is 11.3 Å². The number of hydrogen-bond donors (Lipinski definition) is 1. The Morgan fingerprint density at radius 1 is 1.03 bits per heavy atom. The molecule has 1 fully saturated rings. The molecule has 1 N–H and O–H groups in total. The number of rotatable bonds is 6. The third-order valence-corrected chi connectivity index (χ3v) is 8.38. The summed E-state index contributed by atoms with van der Waals surface area (Å²) >= 11 is 1.87. The van der Waals surface area contributed by atoms with Crippen molar-refractivity contribution in [3.8, 4) is 5.75 Å². The van der Waals surface area contributed by atoms with Crippen LogP contribution in [0.5, 0.6) is 5.75 Å². The fraction of sp³-hybridized carbons (Fsp3) is 0.310. The molecule has 3 aliphatic rings. The van der Waals surface area contributed by atoms with Crippen LogP contribution in [-0.2, 0) is 37.5 Å². The molecule has 4 heterocycles. The highest BCUT2D eigenvalue weighted by atomic mass is 32.1. The molecule has 0 spiro atoms. The number of nitrogens with one attached hydrogen (secondary N) is 1. The van der Waals surface area contributed by atoms with Crippen molar-refractivity contribution in [2.45, 2.75) is 51.5 Å². The van der Waals surface area contributed by atoms with Gasteiger partial charge in [-0.05, 0) is 59.5 Å². The van der Waals surface area contributed by atoms with Gasteiger partial charge in [-0.3, -0.25) is 14.5 Å². The van der Waals surface area contributed by atoms with E-state index in [1.807, 2.05) is 29.5 Å². The van der Waals surface area contributed by atoms with E-state index < -0.39 is 6.04 Å². The number of allylic oxidation sites excluding steroid dienone is 1. The smallest absolute Gasteiger partial charge is 0.255 e. The van der Waals surface area contributed by atoms with Gasteiger partial charge in [0.2, 0.25) is 5.91 Å². The zero-order chi connectivity index (χ0) is 24.6. The van der Waals surface area contributed by atoms with Gasteiger partial charge < -0.3 is 15.0 Å². The summed E-state index contributed by atoms with van der Waals surface area (Å²) in [5.74, 6) is 0.433. The highest BCUT2D eigenvalue weighted by Crippen LogP contribution is 2.34. The zero-order valence-electron chi connectivity index (χ0n) is 20.2. The highest BCUT2D eigenvalue weighted by Gasteiger charge is 2.39. The van der Waals surface area contributed by atoms with Crippen molar-refractivity contribution in [2.75, 3.05) is 6.54 Å². The first-order valence-corrected chi connectivity index (χ1v) is 13.3. The number of carbonyl (C=O) groups is 2. The lowest BCUT2D eigenvalue weighted by Crippen LogP contribution is -2.49. The van der Waals surface area contributed by atoms with E-state index in [1.165, 1.54) is 16.0 Å². The minimum atomic E-state index is -0.470. The number of ether oxygens (including phenoxy) is 1. The van der Waals surface area contributed by atoms with Crippen LogP contribution in [-0.4, -0.2) is 34.2 Å². The number of piperidine rings is 1. The Morgan fingerprint density at radius 2 is 1.86 bits per heavy atom. The number of fused-ring (bicyclic) bond motifs is 2. The van der Waals surface area contributed by atoms with E-state index >= 15 is 0 Å². The lowest BCUT2D eigenvalue weighted by molar-refractivity contribution is -0.126. The van der Waals surface area contributed by atoms with E-state index in [9.17, 15) is 9.59 Å². The highest BCUT2D eigenvalue weighted by molar-refractivity contribution is 7.10. The van der Waals surface area contributed by atoms with Crippen molar-refractivity contribution in [1.29, 1.82) is 0 Å². The molecule has 3 aliphatic heterocycles. The van der Waals surface area contributed by atoms with Crippen LogP contribution in [0.2, 0.25) is 0 Å². The van der Waals surface area contributed by atoms with Crippen LogP contribution in [0.15, 0.2) is 66.2 Å². The average Bonchev–Trinajstić information content (AvgIpc) is 3.48. The lowest BCUT2D eigenvalue weighted by atomic mass is 10.0. The van der Waals surface area contributed by atoms with Crippen molar-refractivity contribution in [3.63, 3.8) is 0 Å². The summed E-state index contributed by atoms with van der Waals surface area (Å²) in [6, 6.07) is 15.9. The summed E-state index contributed by atoms with van der Waals surface area (Å²) in [6.45, 7) is 7.72. The van der Waals surface area contributed by atoms with Crippen LogP contribution in [0, 0.1) is 0 Å².